The van der Waals surface area contributed by atoms with E-state index in [4.69, 9.17) is 9.72 Å². The Morgan fingerprint density at radius 3 is 2.58 bits per heavy atom. The Labute approximate surface area is 216 Å². The molecule has 200 valence electrons. The van der Waals surface area contributed by atoms with Crippen molar-refractivity contribution in [2.45, 2.75) is 25.6 Å². The van der Waals surface area contributed by atoms with E-state index in [0.29, 0.717) is 68.5 Å². The normalized spacial score (nSPS) is 17.2. The highest BCUT2D eigenvalue weighted by atomic mass is 19.4. The lowest BCUT2D eigenvalue weighted by atomic mass is 9.96. The summed E-state index contributed by atoms with van der Waals surface area (Å²) < 4.78 is 44.8. The fraction of sp³-hybridized carbons (Fsp3) is 0.400. The molecule has 2 aliphatic heterocycles. The van der Waals surface area contributed by atoms with Crippen molar-refractivity contribution in [2.75, 3.05) is 54.5 Å². The van der Waals surface area contributed by atoms with Crippen molar-refractivity contribution >= 4 is 23.2 Å². The smallest absolute Gasteiger partial charge is 0.386 e. The summed E-state index contributed by atoms with van der Waals surface area (Å²) in [5, 5.41) is 19.3. The van der Waals surface area contributed by atoms with Gasteiger partial charge < -0.3 is 25.0 Å². The van der Waals surface area contributed by atoms with E-state index in [1.165, 1.54) is 0 Å². The maximum atomic E-state index is 13.1. The highest BCUT2D eigenvalue weighted by Crippen LogP contribution is 2.35. The van der Waals surface area contributed by atoms with Crippen LogP contribution < -0.4 is 15.1 Å². The zero-order valence-electron chi connectivity index (χ0n) is 20.8. The van der Waals surface area contributed by atoms with Crippen molar-refractivity contribution in [3.8, 4) is 11.1 Å². The van der Waals surface area contributed by atoms with Crippen molar-refractivity contribution in [3.63, 3.8) is 0 Å². The molecule has 0 radical (unpaired) electrons. The lowest BCUT2D eigenvalue weighted by Crippen LogP contribution is -2.60. The first-order chi connectivity index (χ1) is 18.0. The predicted octanol–water partition coefficient (Wildman–Crippen LogP) is 2.92. The number of nitrogens with one attached hydrogen (secondary N) is 1. The second-order valence-electron chi connectivity index (χ2n) is 9.63. The molecule has 0 saturated carbocycles. The molecule has 5 heterocycles. The number of morpholine rings is 1. The number of amides is 1. The molecule has 2 saturated heterocycles. The molecule has 10 nitrogen and oxygen atoms in total. The molecule has 3 aromatic heterocycles. The van der Waals surface area contributed by atoms with Gasteiger partial charge in [-0.3, -0.25) is 4.79 Å². The average Bonchev–Trinajstić information content (AvgIpc) is 2.88. The Kier molecular flexibility index (Phi) is 6.65. The zero-order valence-corrected chi connectivity index (χ0v) is 20.8. The molecule has 0 aliphatic carbocycles. The Balaban J connectivity index is 1.51. The molecule has 0 spiro atoms. The molecule has 0 bridgehead atoms. The van der Waals surface area contributed by atoms with Crippen LogP contribution in [0.2, 0.25) is 0 Å². The average molecular weight is 530 g/mol. The molecule has 0 aromatic carbocycles. The van der Waals surface area contributed by atoms with E-state index in [1.807, 2.05) is 28.9 Å². The van der Waals surface area contributed by atoms with Gasteiger partial charge in [0.2, 0.25) is 0 Å². The number of halogens is 3. The topological polar surface area (TPSA) is 117 Å². The van der Waals surface area contributed by atoms with Gasteiger partial charge in [0.1, 0.15) is 5.82 Å². The third-order valence-electron chi connectivity index (χ3n) is 6.40. The maximum Gasteiger partial charge on any atom is 0.435 e. The van der Waals surface area contributed by atoms with E-state index in [2.05, 4.69) is 20.5 Å². The van der Waals surface area contributed by atoms with Crippen LogP contribution in [0.3, 0.4) is 0 Å². The van der Waals surface area contributed by atoms with E-state index in [9.17, 15) is 23.1 Å². The minimum atomic E-state index is -4.73. The highest BCUT2D eigenvalue weighted by molar-refractivity contribution is 6.06. The van der Waals surface area contributed by atoms with E-state index in [0.717, 1.165) is 17.3 Å². The Hall–Kier alpha value is -3.84. The molecular formula is C25H26F3N7O3. The molecule has 2 aliphatic rings. The third-order valence-corrected chi connectivity index (χ3v) is 6.40. The number of hydrogen-bond acceptors (Lipinski definition) is 9. The van der Waals surface area contributed by atoms with E-state index in [-0.39, 0.29) is 5.56 Å². The van der Waals surface area contributed by atoms with Gasteiger partial charge in [0.05, 0.1) is 36.3 Å². The van der Waals surface area contributed by atoms with Crippen LogP contribution in [0.25, 0.3) is 11.1 Å². The number of hydrogen-bond donors (Lipinski definition) is 2. The minimum Gasteiger partial charge on any atom is -0.386 e. The Morgan fingerprint density at radius 1 is 1.16 bits per heavy atom. The quantitative estimate of drug-likeness (QED) is 0.515. The van der Waals surface area contributed by atoms with Crippen LogP contribution >= 0.6 is 0 Å². The third kappa shape index (κ3) is 5.38. The van der Waals surface area contributed by atoms with Gasteiger partial charge >= 0.3 is 6.18 Å². The van der Waals surface area contributed by atoms with Crippen molar-refractivity contribution < 1.29 is 27.8 Å². The summed E-state index contributed by atoms with van der Waals surface area (Å²) in [4.78, 5) is 26.2. The molecule has 2 N–H and O–H groups in total. The number of β-amino-alcohol motifs (C(OH)–C–C–N with tert-alkyl or cyclic N) is 1. The molecule has 2 fully saturated rings. The summed E-state index contributed by atoms with van der Waals surface area (Å²) in [6.07, 6.45) is -2.09. The first-order valence-electron chi connectivity index (χ1n) is 12.0. The summed E-state index contributed by atoms with van der Waals surface area (Å²) in [5.41, 5.74) is 0.252. The van der Waals surface area contributed by atoms with Crippen LogP contribution in [-0.4, -0.2) is 76.2 Å². The molecule has 38 heavy (non-hydrogen) atoms. The first-order valence-corrected chi connectivity index (χ1v) is 12.0. The zero-order chi connectivity index (χ0) is 27.1. The van der Waals surface area contributed by atoms with Crippen LogP contribution in [0.4, 0.5) is 30.5 Å². The van der Waals surface area contributed by atoms with Gasteiger partial charge in [-0.15, -0.1) is 5.10 Å². The maximum absolute atomic E-state index is 13.1. The number of carbonyl (C=O) groups is 1. The number of carbonyl (C=O) groups excluding carboxylic acids is 1. The molecule has 0 unspecified atom stereocenters. The van der Waals surface area contributed by atoms with Crippen LogP contribution in [0.5, 0.6) is 0 Å². The highest BCUT2D eigenvalue weighted by Gasteiger charge is 2.37. The van der Waals surface area contributed by atoms with E-state index in [1.54, 1.807) is 19.2 Å². The Morgan fingerprint density at radius 2 is 1.89 bits per heavy atom. The van der Waals surface area contributed by atoms with Crippen LogP contribution in [-0.2, 0) is 10.9 Å². The number of pyridine rings is 2. The SMILES string of the molecule is Cc1nc(N2CCOCC2)c(NC(=O)c2cnnc(C(F)(F)F)c2)cc1-c1ccnc(N2CC(C)(O)C2)c1. The largest absolute Gasteiger partial charge is 0.435 e. The fourth-order valence-electron chi connectivity index (χ4n) is 4.51. The van der Waals surface area contributed by atoms with Crippen LogP contribution in [0, 0.1) is 6.92 Å². The van der Waals surface area contributed by atoms with Gasteiger partial charge in [-0.1, -0.05) is 0 Å². The standard InChI is InChI=1S/C25H26F3N7O3/c1-15-18(16-3-4-29-21(10-16)35-13-24(2,37)14-35)11-19(22(31-15)34-5-7-38-8-6-34)32-23(36)17-9-20(25(26,27)28)33-30-12-17/h3-4,9-12,37H,5-8,13-14H2,1-2H3,(H,32,36). The van der Waals surface area contributed by atoms with Gasteiger partial charge in [-0.05, 0) is 43.7 Å². The molecule has 0 atom stereocenters. The fourth-order valence-corrected chi connectivity index (χ4v) is 4.51. The summed E-state index contributed by atoms with van der Waals surface area (Å²) in [6.45, 7) is 6.56. The van der Waals surface area contributed by atoms with Gasteiger partial charge in [-0.2, -0.15) is 18.3 Å². The van der Waals surface area contributed by atoms with Gasteiger partial charge in [0.15, 0.2) is 11.5 Å². The number of aromatic nitrogens is 4. The monoisotopic (exact) mass is 529 g/mol. The number of ether oxygens (including phenoxy) is 1. The predicted molar refractivity (Wildman–Crippen MR) is 133 cm³/mol. The van der Waals surface area contributed by atoms with E-state index >= 15 is 0 Å². The molecular weight excluding hydrogens is 503 g/mol. The van der Waals surface area contributed by atoms with Crippen molar-refractivity contribution in [2.24, 2.45) is 0 Å². The van der Waals surface area contributed by atoms with Crippen LogP contribution in [0.15, 0.2) is 36.7 Å². The number of anilines is 3. The summed E-state index contributed by atoms with van der Waals surface area (Å²) in [5.74, 6) is 0.419. The number of rotatable bonds is 5. The number of aryl methyl sites for hydroxylation is 1. The summed E-state index contributed by atoms with van der Waals surface area (Å²) >= 11 is 0. The summed E-state index contributed by atoms with van der Waals surface area (Å²) in [6, 6.07) is 6.11. The number of aliphatic hydroxyl groups is 1. The van der Waals surface area contributed by atoms with Crippen molar-refractivity contribution in [1.82, 2.24) is 20.2 Å². The second kappa shape index (κ2) is 9.80. The van der Waals surface area contributed by atoms with Gasteiger partial charge in [0.25, 0.3) is 5.91 Å². The molecule has 5 rings (SSSR count). The lowest BCUT2D eigenvalue weighted by Gasteiger charge is -2.45. The number of nitrogens with zero attached hydrogens (tertiary/aromatic N) is 6. The lowest BCUT2D eigenvalue weighted by molar-refractivity contribution is -0.141. The van der Waals surface area contributed by atoms with Crippen molar-refractivity contribution in [3.05, 3.63) is 53.6 Å². The minimum absolute atomic E-state index is 0.279. The van der Waals surface area contributed by atoms with E-state index < -0.39 is 23.4 Å². The Bertz CT molecular complexity index is 1350. The van der Waals surface area contributed by atoms with Crippen molar-refractivity contribution in [1.29, 1.82) is 0 Å². The van der Waals surface area contributed by atoms with Crippen LogP contribution in [0.1, 0.15) is 28.7 Å². The molecule has 1 amide bonds. The summed E-state index contributed by atoms with van der Waals surface area (Å²) in [7, 11) is 0. The van der Waals surface area contributed by atoms with Gasteiger partial charge in [-0.25, -0.2) is 9.97 Å². The number of alkyl halides is 3. The first kappa shape index (κ1) is 25.8. The molecule has 3 aromatic rings. The second-order valence-corrected chi connectivity index (χ2v) is 9.63. The molecule has 13 heteroatoms. The van der Waals surface area contributed by atoms with Gasteiger partial charge in [0, 0.05) is 43.6 Å².